The summed E-state index contributed by atoms with van der Waals surface area (Å²) in [6.07, 6.45) is 0.994. The molecule has 7 nitrogen and oxygen atoms in total. The Kier molecular flexibility index (Phi) is 6.42. The molecule has 0 aliphatic carbocycles. The number of aromatic nitrogens is 1. The normalized spacial score (nSPS) is 11.6. The maximum absolute atomic E-state index is 13.5. The molecule has 0 saturated heterocycles. The number of carbonyl (C=O) groups excluding carboxylic acids is 1. The summed E-state index contributed by atoms with van der Waals surface area (Å²) in [5, 5.41) is 9.17. The van der Waals surface area contributed by atoms with E-state index in [0.29, 0.717) is 16.8 Å². The quantitative estimate of drug-likeness (QED) is 0.564. The monoisotopic (exact) mass is 451 g/mol. The van der Waals surface area contributed by atoms with Gasteiger partial charge in [0, 0.05) is 13.2 Å². The third-order valence-electron chi connectivity index (χ3n) is 4.56. The van der Waals surface area contributed by atoms with Gasteiger partial charge in [0.15, 0.2) is 0 Å². The van der Waals surface area contributed by atoms with E-state index in [1.165, 1.54) is 33.3 Å². The molecule has 3 aromatic rings. The number of nitrogens with zero attached hydrogens (tertiary/aromatic N) is 3. The lowest BCUT2D eigenvalue weighted by molar-refractivity contribution is 0.0285. The fraction of sp³-hybridized carbons (Fsp3) is 0.250. The molecule has 32 heavy (non-hydrogen) atoms. The number of amides is 1. The van der Waals surface area contributed by atoms with Gasteiger partial charge in [-0.1, -0.05) is 36.4 Å². The highest BCUT2D eigenvalue weighted by Gasteiger charge is 2.24. The molecule has 0 saturated carbocycles. The van der Waals surface area contributed by atoms with Crippen molar-refractivity contribution >= 4 is 16.1 Å². The van der Waals surface area contributed by atoms with Crippen LogP contribution in [-0.2, 0) is 21.3 Å². The van der Waals surface area contributed by atoms with Gasteiger partial charge in [-0.25, -0.2) is 17.2 Å². The fourth-order valence-electron chi connectivity index (χ4n) is 3.12. The Balaban J connectivity index is 2.05. The van der Waals surface area contributed by atoms with Crippen molar-refractivity contribution in [2.24, 2.45) is 0 Å². The van der Waals surface area contributed by atoms with Crippen molar-refractivity contribution in [2.75, 3.05) is 7.05 Å². The van der Waals surface area contributed by atoms with Gasteiger partial charge in [0.25, 0.3) is 10.0 Å². The minimum Gasteiger partial charge on any atom is -0.444 e. The van der Waals surface area contributed by atoms with Gasteiger partial charge in [-0.2, -0.15) is 5.26 Å². The molecule has 0 N–H and O–H groups in total. The van der Waals surface area contributed by atoms with Crippen molar-refractivity contribution in [3.05, 3.63) is 78.0 Å². The first-order valence-corrected chi connectivity index (χ1v) is 11.4. The SMILES string of the molecule is CN(Cc1cc(-c2ccccc2)n(S(=O)(=O)c2cccc(C#N)c2)c1)C(=O)OC(C)(C)C. The molecule has 0 aliphatic rings. The van der Waals surface area contributed by atoms with Crippen molar-refractivity contribution < 1.29 is 17.9 Å². The average Bonchev–Trinajstić information content (AvgIpc) is 3.18. The molecule has 0 aliphatic heterocycles. The van der Waals surface area contributed by atoms with Gasteiger partial charge < -0.3 is 9.64 Å². The Labute approximate surface area is 188 Å². The largest absolute Gasteiger partial charge is 0.444 e. The van der Waals surface area contributed by atoms with Crippen LogP contribution < -0.4 is 0 Å². The Morgan fingerprint density at radius 2 is 1.78 bits per heavy atom. The van der Waals surface area contributed by atoms with Crippen molar-refractivity contribution in [3.8, 4) is 17.3 Å². The van der Waals surface area contributed by atoms with Crippen LogP contribution in [0.4, 0.5) is 4.79 Å². The van der Waals surface area contributed by atoms with Crippen LogP contribution in [0.25, 0.3) is 11.3 Å². The Bertz CT molecular complexity index is 1270. The van der Waals surface area contributed by atoms with Crippen LogP contribution in [0.2, 0.25) is 0 Å². The van der Waals surface area contributed by atoms with Gasteiger partial charge in [0.05, 0.1) is 28.8 Å². The van der Waals surface area contributed by atoms with Gasteiger partial charge >= 0.3 is 6.09 Å². The first-order chi connectivity index (χ1) is 15.0. The number of benzene rings is 2. The van der Waals surface area contributed by atoms with E-state index in [9.17, 15) is 13.2 Å². The average molecular weight is 452 g/mol. The summed E-state index contributed by atoms with van der Waals surface area (Å²) in [7, 11) is -2.39. The zero-order valence-corrected chi connectivity index (χ0v) is 19.3. The van der Waals surface area contributed by atoms with Crippen LogP contribution in [0.5, 0.6) is 0 Å². The zero-order chi connectivity index (χ0) is 23.5. The predicted molar refractivity (Wildman–Crippen MR) is 121 cm³/mol. The number of hydrogen-bond donors (Lipinski definition) is 0. The number of rotatable bonds is 5. The van der Waals surface area contributed by atoms with Gasteiger partial charge in [-0.3, -0.25) is 0 Å². The molecular weight excluding hydrogens is 426 g/mol. The van der Waals surface area contributed by atoms with E-state index in [0.717, 1.165) is 0 Å². The highest BCUT2D eigenvalue weighted by molar-refractivity contribution is 7.90. The Morgan fingerprint density at radius 1 is 1.09 bits per heavy atom. The molecule has 8 heteroatoms. The number of hydrogen-bond acceptors (Lipinski definition) is 5. The molecule has 166 valence electrons. The van der Waals surface area contributed by atoms with Crippen molar-refractivity contribution in [1.29, 1.82) is 5.26 Å². The predicted octanol–water partition coefficient (Wildman–Crippen LogP) is 4.63. The summed E-state index contributed by atoms with van der Waals surface area (Å²) in [5.74, 6) is 0. The zero-order valence-electron chi connectivity index (χ0n) is 18.4. The maximum Gasteiger partial charge on any atom is 0.410 e. The van der Waals surface area contributed by atoms with Gasteiger partial charge in [0.1, 0.15) is 5.60 Å². The van der Waals surface area contributed by atoms with E-state index in [1.807, 2.05) is 36.4 Å². The number of carbonyl (C=O) groups is 1. The van der Waals surface area contributed by atoms with Gasteiger partial charge in [-0.05, 0) is 56.2 Å². The summed E-state index contributed by atoms with van der Waals surface area (Å²) in [6, 6.07) is 18.7. The van der Waals surface area contributed by atoms with Crippen LogP contribution in [0.1, 0.15) is 31.9 Å². The molecule has 0 unspecified atom stereocenters. The molecule has 0 fully saturated rings. The third-order valence-corrected chi connectivity index (χ3v) is 6.23. The number of nitriles is 1. The second kappa shape index (κ2) is 8.89. The summed E-state index contributed by atoms with van der Waals surface area (Å²) in [5.41, 5.74) is 1.41. The highest BCUT2D eigenvalue weighted by atomic mass is 32.2. The van der Waals surface area contributed by atoms with Gasteiger partial charge in [0.2, 0.25) is 0 Å². The molecule has 0 radical (unpaired) electrons. The van der Waals surface area contributed by atoms with E-state index in [1.54, 1.807) is 40.0 Å². The number of ether oxygens (including phenoxy) is 1. The van der Waals surface area contributed by atoms with Gasteiger partial charge in [-0.15, -0.1) is 0 Å². The molecule has 2 aromatic carbocycles. The van der Waals surface area contributed by atoms with E-state index in [-0.39, 0.29) is 17.0 Å². The second-order valence-electron chi connectivity index (χ2n) is 8.38. The van der Waals surface area contributed by atoms with Crippen LogP contribution in [0.15, 0.2) is 71.8 Å². The minimum atomic E-state index is -3.98. The summed E-state index contributed by atoms with van der Waals surface area (Å²) < 4.78 is 33.5. The molecule has 1 amide bonds. The summed E-state index contributed by atoms with van der Waals surface area (Å²) >= 11 is 0. The van der Waals surface area contributed by atoms with Crippen molar-refractivity contribution in [3.63, 3.8) is 0 Å². The molecule has 3 rings (SSSR count). The van der Waals surface area contributed by atoms with E-state index < -0.39 is 21.7 Å². The van der Waals surface area contributed by atoms with Crippen molar-refractivity contribution in [2.45, 2.75) is 37.8 Å². The summed E-state index contributed by atoms with van der Waals surface area (Å²) in [4.78, 5) is 13.8. The van der Waals surface area contributed by atoms with E-state index >= 15 is 0 Å². The Morgan fingerprint density at radius 3 is 2.41 bits per heavy atom. The standard InChI is InChI=1S/C24H25N3O4S/c1-24(2,3)31-23(28)26(4)16-19-14-22(20-10-6-5-7-11-20)27(17-19)32(29,30)21-12-8-9-18(13-21)15-25/h5-14,17H,16H2,1-4H3. The molecule has 0 spiro atoms. The lowest BCUT2D eigenvalue weighted by Gasteiger charge is -2.24. The lowest BCUT2D eigenvalue weighted by Crippen LogP contribution is -2.33. The van der Waals surface area contributed by atoms with Crippen molar-refractivity contribution in [1.82, 2.24) is 8.87 Å². The highest BCUT2D eigenvalue weighted by Crippen LogP contribution is 2.28. The van der Waals surface area contributed by atoms with Crippen LogP contribution in [0.3, 0.4) is 0 Å². The second-order valence-corrected chi connectivity index (χ2v) is 10.2. The maximum atomic E-state index is 13.5. The van der Waals surface area contributed by atoms with Crippen LogP contribution in [-0.4, -0.2) is 36.0 Å². The topological polar surface area (TPSA) is 92.4 Å². The van der Waals surface area contributed by atoms with E-state index in [2.05, 4.69) is 0 Å². The minimum absolute atomic E-state index is 0.0105. The third kappa shape index (κ3) is 5.18. The first kappa shape index (κ1) is 23.1. The molecule has 0 bridgehead atoms. The lowest BCUT2D eigenvalue weighted by atomic mass is 10.1. The van der Waals surface area contributed by atoms with E-state index in [4.69, 9.17) is 10.00 Å². The fourth-order valence-corrected chi connectivity index (χ4v) is 4.56. The van der Waals surface area contributed by atoms with Crippen LogP contribution >= 0.6 is 0 Å². The smallest absolute Gasteiger partial charge is 0.410 e. The molecule has 1 heterocycles. The van der Waals surface area contributed by atoms with Crippen LogP contribution in [0, 0.1) is 11.3 Å². The Hall–Kier alpha value is -3.57. The molecular formula is C24H25N3O4S. The molecule has 0 atom stereocenters. The molecule has 1 aromatic heterocycles. The first-order valence-electron chi connectivity index (χ1n) is 9.98. The summed E-state index contributed by atoms with van der Waals surface area (Å²) in [6.45, 7) is 5.51.